The first-order chi connectivity index (χ1) is 18.9. The maximum absolute atomic E-state index is 12.9. The van der Waals surface area contributed by atoms with Crippen molar-refractivity contribution < 1.29 is 33.3 Å². The van der Waals surface area contributed by atoms with E-state index in [2.05, 4.69) is 10.4 Å². The average molecular weight is 530 g/mol. The molecule has 0 aliphatic heterocycles. The lowest BCUT2D eigenvalue weighted by Gasteiger charge is -2.12. The third kappa shape index (κ3) is 5.90. The molecule has 0 radical (unpaired) electrons. The van der Waals surface area contributed by atoms with Gasteiger partial charge in [-0.3, -0.25) is 4.79 Å². The van der Waals surface area contributed by atoms with E-state index in [9.17, 15) is 14.4 Å². The summed E-state index contributed by atoms with van der Waals surface area (Å²) < 4.78 is 22.5. The van der Waals surface area contributed by atoms with Crippen molar-refractivity contribution in [3.05, 3.63) is 89.6 Å². The Morgan fingerprint density at radius 1 is 0.846 bits per heavy atom. The molecule has 1 N–H and O–H groups in total. The van der Waals surface area contributed by atoms with Crippen LogP contribution in [0.15, 0.2) is 72.8 Å². The second-order valence-corrected chi connectivity index (χ2v) is 8.37. The Morgan fingerprint density at radius 3 is 2.26 bits per heavy atom. The number of hydrogen-bond acceptors (Lipinski definition) is 8. The van der Waals surface area contributed by atoms with Crippen molar-refractivity contribution in [1.82, 2.24) is 9.78 Å². The van der Waals surface area contributed by atoms with Gasteiger partial charge in [0.1, 0.15) is 11.3 Å². The van der Waals surface area contributed by atoms with Crippen molar-refractivity contribution in [1.29, 1.82) is 0 Å². The predicted octanol–water partition coefficient (Wildman–Crippen LogP) is 4.45. The van der Waals surface area contributed by atoms with Gasteiger partial charge in [0.2, 0.25) is 0 Å². The summed E-state index contributed by atoms with van der Waals surface area (Å²) in [5.41, 5.74) is 2.69. The molecule has 4 aromatic rings. The van der Waals surface area contributed by atoms with Gasteiger partial charge in [-0.2, -0.15) is 5.10 Å². The number of nitrogens with zero attached hydrogens (tertiary/aromatic N) is 2. The fraction of sp³-hybridized carbons (Fsp3) is 0.172. The summed E-state index contributed by atoms with van der Waals surface area (Å²) in [4.78, 5) is 38.1. The summed E-state index contributed by atoms with van der Waals surface area (Å²) in [5, 5.41) is 7.36. The van der Waals surface area contributed by atoms with Crippen molar-refractivity contribution in [3.8, 4) is 28.4 Å². The molecule has 0 unspecified atom stereocenters. The van der Waals surface area contributed by atoms with Crippen LogP contribution in [0.4, 0.5) is 5.69 Å². The maximum Gasteiger partial charge on any atom is 0.357 e. The Balaban J connectivity index is 1.69. The van der Waals surface area contributed by atoms with Crippen LogP contribution in [0.2, 0.25) is 0 Å². The number of ether oxygens (including phenoxy) is 4. The van der Waals surface area contributed by atoms with Gasteiger partial charge in [0, 0.05) is 11.3 Å². The minimum Gasteiger partial charge on any atom is -0.493 e. The fourth-order valence-corrected chi connectivity index (χ4v) is 3.95. The molecule has 1 aromatic heterocycles. The molecule has 39 heavy (non-hydrogen) atoms. The minimum absolute atomic E-state index is 0.0681. The number of anilines is 1. The minimum atomic E-state index is -0.764. The molecule has 4 rings (SSSR count). The molecule has 0 aliphatic carbocycles. The number of carbonyl (C=O) groups is 3. The second-order valence-electron chi connectivity index (χ2n) is 8.37. The van der Waals surface area contributed by atoms with Gasteiger partial charge >= 0.3 is 11.9 Å². The van der Waals surface area contributed by atoms with Crippen LogP contribution in [0.25, 0.3) is 16.9 Å². The van der Waals surface area contributed by atoms with Crippen LogP contribution in [0.5, 0.6) is 11.5 Å². The summed E-state index contributed by atoms with van der Waals surface area (Å²) >= 11 is 0. The molecule has 0 saturated carbocycles. The van der Waals surface area contributed by atoms with E-state index in [0.29, 0.717) is 28.4 Å². The van der Waals surface area contributed by atoms with Crippen molar-refractivity contribution >= 4 is 23.5 Å². The lowest BCUT2D eigenvalue weighted by Crippen LogP contribution is -2.20. The van der Waals surface area contributed by atoms with Gasteiger partial charge in [0.25, 0.3) is 5.91 Å². The zero-order valence-corrected chi connectivity index (χ0v) is 21.9. The number of para-hydroxylation sites is 1. The number of aromatic nitrogens is 2. The van der Waals surface area contributed by atoms with Crippen LogP contribution in [0.1, 0.15) is 26.4 Å². The smallest absolute Gasteiger partial charge is 0.357 e. The van der Waals surface area contributed by atoms with Crippen LogP contribution < -0.4 is 14.8 Å². The first-order valence-electron chi connectivity index (χ1n) is 11.9. The van der Waals surface area contributed by atoms with Gasteiger partial charge in [-0.15, -0.1) is 0 Å². The van der Waals surface area contributed by atoms with Crippen molar-refractivity contribution in [2.45, 2.75) is 6.92 Å². The van der Waals surface area contributed by atoms with Crippen molar-refractivity contribution in [2.24, 2.45) is 0 Å². The first kappa shape index (κ1) is 26.9. The second kappa shape index (κ2) is 12.0. The van der Waals surface area contributed by atoms with Gasteiger partial charge in [-0.1, -0.05) is 30.3 Å². The number of amides is 1. The van der Waals surface area contributed by atoms with E-state index in [0.717, 1.165) is 5.56 Å². The largest absolute Gasteiger partial charge is 0.493 e. The lowest BCUT2D eigenvalue weighted by molar-refractivity contribution is -0.118. The van der Waals surface area contributed by atoms with E-state index < -0.39 is 11.9 Å². The van der Waals surface area contributed by atoms with E-state index in [1.165, 1.54) is 26.0 Å². The Labute approximate surface area is 225 Å². The highest BCUT2D eigenvalue weighted by Crippen LogP contribution is 2.35. The summed E-state index contributed by atoms with van der Waals surface area (Å²) in [6, 6.07) is 21.1. The molecule has 10 heteroatoms. The number of nitrogens with one attached hydrogen (secondary N) is 1. The Morgan fingerprint density at radius 2 is 1.59 bits per heavy atom. The normalized spacial score (nSPS) is 10.5. The topological polar surface area (TPSA) is 118 Å². The van der Waals surface area contributed by atoms with Gasteiger partial charge in [0.15, 0.2) is 23.8 Å². The predicted molar refractivity (Wildman–Crippen MR) is 144 cm³/mol. The maximum atomic E-state index is 12.9. The van der Waals surface area contributed by atoms with E-state index in [4.69, 9.17) is 18.9 Å². The molecule has 1 amide bonds. The molecule has 0 spiro atoms. The molecular formula is C29H27N3O7. The van der Waals surface area contributed by atoms with Crippen LogP contribution in [-0.2, 0) is 14.3 Å². The molecule has 200 valence electrons. The van der Waals surface area contributed by atoms with E-state index in [-0.39, 0.29) is 29.5 Å². The third-order valence-corrected chi connectivity index (χ3v) is 5.75. The van der Waals surface area contributed by atoms with Crippen LogP contribution >= 0.6 is 0 Å². The summed E-state index contributed by atoms with van der Waals surface area (Å²) in [6.45, 7) is 1.67. The number of carbonyl (C=O) groups excluding carboxylic acids is 3. The van der Waals surface area contributed by atoms with Gasteiger partial charge in [-0.25, -0.2) is 14.3 Å². The highest BCUT2D eigenvalue weighted by atomic mass is 16.5. The molecule has 0 fully saturated rings. The Hall–Kier alpha value is -5.12. The number of rotatable bonds is 9. The highest BCUT2D eigenvalue weighted by Gasteiger charge is 2.31. The van der Waals surface area contributed by atoms with E-state index in [1.807, 2.05) is 31.2 Å². The van der Waals surface area contributed by atoms with Crippen molar-refractivity contribution in [3.63, 3.8) is 0 Å². The van der Waals surface area contributed by atoms with Crippen LogP contribution in [0.3, 0.4) is 0 Å². The van der Waals surface area contributed by atoms with Gasteiger partial charge in [-0.05, 0) is 55.0 Å². The summed E-state index contributed by atoms with van der Waals surface area (Å²) in [7, 11) is 3.88. The van der Waals surface area contributed by atoms with Crippen LogP contribution in [-0.4, -0.2) is 55.6 Å². The number of benzene rings is 3. The quantitative estimate of drug-likeness (QED) is 0.316. The third-order valence-electron chi connectivity index (χ3n) is 5.75. The number of methoxy groups -OCH3 is 3. The highest BCUT2D eigenvalue weighted by molar-refractivity contribution is 6.07. The first-order valence-corrected chi connectivity index (χ1v) is 11.9. The monoisotopic (exact) mass is 529 g/mol. The van der Waals surface area contributed by atoms with Crippen LogP contribution in [0, 0.1) is 6.92 Å². The molecule has 1 heterocycles. The Kier molecular flexibility index (Phi) is 8.25. The van der Waals surface area contributed by atoms with E-state index in [1.54, 1.807) is 48.5 Å². The summed E-state index contributed by atoms with van der Waals surface area (Å²) in [5.74, 6) is -1.27. The average Bonchev–Trinajstić information content (AvgIpc) is 3.36. The molecule has 10 nitrogen and oxygen atoms in total. The van der Waals surface area contributed by atoms with Gasteiger partial charge in [0.05, 0.1) is 27.0 Å². The standard InChI is InChI=1S/C29H27N3O7/c1-18-9-8-10-20(15-18)30-24(33)17-39-22-14-13-19(16-23(22)36-2)26-25(28(34)37-3)27(29(35)38-4)32(31-26)21-11-6-5-7-12-21/h5-16H,17H2,1-4H3,(H,30,33). The fourth-order valence-electron chi connectivity index (χ4n) is 3.95. The number of hydrogen-bond donors (Lipinski definition) is 1. The van der Waals surface area contributed by atoms with Gasteiger partial charge < -0.3 is 24.3 Å². The SMILES string of the molecule is COC(=O)c1c(-c2ccc(OCC(=O)Nc3cccc(C)c3)c(OC)c2)nn(-c2ccccc2)c1C(=O)OC. The number of aryl methyl sites for hydroxylation is 1. The molecule has 0 atom stereocenters. The summed E-state index contributed by atoms with van der Waals surface area (Å²) in [6.07, 6.45) is 0. The lowest BCUT2D eigenvalue weighted by atomic mass is 10.0. The molecule has 0 saturated heterocycles. The Bertz CT molecular complexity index is 1510. The molecule has 0 aliphatic rings. The molecule has 3 aromatic carbocycles. The molecule has 0 bridgehead atoms. The number of esters is 2. The van der Waals surface area contributed by atoms with Crippen molar-refractivity contribution in [2.75, 3.05) is 33.3 Å². The molecular weight excluding hydrogens is 502 g/mol. The zero-order chi connectivity index (χ0) is 27.9. The zero-order valence-electron chi connectivity index (χ0n) is 21.9. The van der Waals surface area contributed by atoms with E-state index >= 15 is 0 Å².